The molecule has 36 heavy (non-hydrogen) atoms. The van der Waals surface area contributed by atoms with Crippen molar-refractivity contribution in [3.8, 4) is 11.5 Å². The Morgan fingerprint density at radius 1 is 0.944 bits per heavy atom. The maximum Gasteiger partial charge on any atom is 0.323 e. The van der Waals surface area contributed by atoms with Crippen LogP contribution in [0.2, 0.25) is 0 Å². The summed E-state index contributed by atoms with van der Waals surface area (Å²) < 4.78 is 33.1. The van der Waals surface area contributed by atoms with Crippen LogP contribution in [0.15, 0.2) is 60.8 Å². The van der Waals surface area contributed by atoms with Crippen LogP contribution in [0.25, 0.3) is 0 Å². The molecule has 1 aromatic heterocycles. The SMILES string of the molecule is O=C(CC(=O)Nc1ccc(Oc2ccnc(NC(=O)N3CC(O)C3)c2)cc1F)Nc1ccc(F)cc1. The van der Waals surface area contributed by atoms with E-state index in [2.05, 4.69) is 20.9 Å². The smallest absolute Gasteiger partial charge is 0.323 e. The molecule has 1 saturated heterocycles. The van der Waals surface area contributed by atoms with Crippen LogP contribution in [0, 0.1) is 11.6 Å². The first kappa shape index (κ1) is 24.5. The molecule has 4 N–H and O–H groups in total. The highest BCUT2D eigenvalue weighted by Crippen LogP contribution is 2.27. The number of benzene rings is 2. The molecule has 4 amide bonds. The van der Waals surface area contributed by atoms with Gasteiger partial charge in [0.1, 0.15) is 35.4 Å². The van der Waals surface area contributed by atoms with Gasteiger partial charge in [-0.25, -0.2) is 18.6 Å². The molecular formula is C24H21F2N5O5. The predicted octanol–water partition coefficient (Wildman–Crippen LogP) is 3.33. The molecular weight excluding hydrogens is 476 g/mol. The van der Waals surface area contributed by atoms with Gasteiger partial charge in [0.05, 0.1) is 24.9 Å². The summed E-state index contributed by atoms with van der Waals surface area (Å²) in [5.74, 6) is -2.04. The van der Waals surface area contributed by atoms with Gasteiger partial charge in [0.15, 0.2) is 0 Å². The molecule has 4 rings (SSSR count). The first-order valence-corrected chi connectivity index (χ1v) is 10.8. The van der Waals surface area contributed by atoms with E-state index >= 15 is 0 Å². The average Bonchev–Trinajstić information content (AvgIpc) is 2.80. The Morgan fingerprint density at radius 3 is 2.33 bits per heavy atom. The molecule has 0 spiro atoms. The Bertz CT molecular complexity index is 1280. The van der Waals surface area contributed by atoms with Gasteiger partial charge in [-0.15, -0.1) is 0 Å². The van der Waals surface area contributed by atoms with Gasteiger partial charge in [-0.3, -0.25) is 14.9 Å². The number of hydrogen-bond donors (Lipinski definition) is 4. The summed E-state index contributed by atoms with van der Waals surface area (Å²) in [6.45, 7) is 0.478. The molecule has 1 aliphatic rings. The van der Waals surface area contributed by atoms with Crippen molar-refractivity contribution >= 4 is 35.0 Å². The predicted molar refractivity (Wildman–Crippen MR) is 126 cm³/mol. The molecule has 12 heteroatoms. The molecule has 0 saturated carbocycles. The highest BCUT2D eigenvalue weighted by Gasteiger charge is 2.28. The van der Waals surface area contributed by atoms with Crippen molar-refractivity contribution in [2.45, 2.75) is 12.5 Å². The van der Waals surface area contributed by atoms with Crippen LogP contribution in [0.4, 0.5) is 30.8 Å². The molecule has 2 heterocycles. The molecule has 186 valence electrons. The molecule has 10 nitrogen and oxygen atoms in total. The zero-order chi connectivity index (χ0) is 25.7. The van der Waals surface area contributed by atoms with Crippen molar-refractivity contribution in [2.24, 2.45) is 0 Å². The lowest BCUT2D eigenvalue weighted by molar-refractivity contribution is -0.123. The normalized spacial score (nSPS) is 12.9. The number of amides is 4. The van der Waals surface area contributed by atoms with Crippen LogP contribution in [-0.2, 0) is 9.59 Å². The van der Waals surface area contributed by atoms with Gasteiger partial charge in [-0.1, -0.05) is 0 Å². The Kier molecular flexibility index (Phi) is 7.35. The summed E-state index contributed by atoms with van der Waals surface area (Å²) >= 11 is 0. The van der Waals surface area contributed by atoms with Gasteiger partial charge in [-0.05, 0) is 42.5 Å². The van der Waals surface area contributed by atoms with Crippen molar-refractivity contribution in [3.05, 3.63) is 72.4 Å². The minimum atomic E-state index is -0.793. The van der Waals surface area contributed by atoms with Crippen molar-refractivity contribution in [1.29, 1.82) is 0 Å². The number of carbonyl (C=O) groups is 3. The number of aliphatic hydroxyl groups excluding tert-OH is 1. The highest BCUT2D eigenvalue weighted by molar-refractivity contribution is 6.08. The van der Waals surface area contributed by atoms with Crippen LogP contribution in [-0.4, -0.2) is 52.0 Å². The molecule has 0 atom stereocenters. The highest BCUT2D eigenvalue weighted by atomic mass is 19.1. The van der Waals surface area contributed by atoms with E-state index < -0.39 is 42.0 Å². The van der Waals surface area contributed by atoms with E-state index in [-0.39, 0.29) is 36.1 Å². The molecule has 1 fully saturated rings. The van der Waals surface area contributed by atoms with Crippen molar-refractivity contribution in [3.63, 3.8) is 0 Å². The summed E-state index contributed by atoms with van der Waals surface area (Å²) in [7, 11) is 0. The van der Waals surface area contributed by atoms with E-state index in [4.69, 9.17) is 4.74 Å². The van der Waals surface area contributed by atoms with Gasteiger partial charge in [0.25, 0.3) is 0 Å². The zero-order valence-corrected chi connectivity index (χ0v) is 18.7. The monoisotopic (exact) mass is 497 g/mol. The molecule has 2 aromatic carbocycles. The average molecular weight is 497 g/mol. The summed E-state index contributed by atoms with van der Waals surface area (Å²) in [6, 6.07) is 11.3. The lowest BCUT2D eigenvalue weighted by Crippen LogP contribution is -2.54. The molecule has 0 aliphatic carbocycles. The first-order valence-electron chi connectivity index (χ1n) is 10.8. The Hall–Kier alpha value is -4.58. The Balaban J connectivity index is 1.30. The second-order valence-electron chi connectivity index (χ2n) is 7.89. The maximum absolute atomic E-state index is 14.5. The Morgan fingerprint density at radius 2 is 1.64 bits per heavy atom. The second kappa shape index (κ2) is 10.8. The number of hydrogen-bond acceptors (Lipinski definition) is 6. The molecule has 0 bridgehead atoms. The third-order valence-electron chi connectivity index (χ3n) is 5.02. The van der Waals surface area contributed by atoms with Gasteiger partial charge in [0, 0.05) is 24.0 Å². The van der Waals surface area contributed by atoms with Crippen LogP contribution < -0.4 is 20.7 Å². The number of nitrogens with one attached hydrogen (secondary N) is 3. The van der Waals surface area contributed by atoms with E-state index in [0.717, 1.165) is 18.2 Å². The third-order valence-corrected chi connectivity index (χ3v) is 5.02. The van der Waals surface area contributed by atoms with Crippen LogP contribution in [0.3, 0.4) is 0 Å². The number of nitrogens with zero attached hydrogens (tertiary/aromatic N) is 2. The topological polar surface area (TPSA) is 133 Å². The third kappa shape index (κ3) is 6.51. The number of urea groups is 1. The summed E-state index contributed by atoms with van der Waals surface area (Å²) in [5, 5.41) is 16.6. The van der Waals surface area contributed by atoms with Crippen molar-refractivity contribution in [1.82, 2.24) is 9.88 Å². The summed E-state index contributed by atoms with van der Waals surface area (Å²) in [6.07, 6.45) is 0.300. The van der Waals surface area contributed by atoms with Gasteiger partial charge in [-0.2, -0.15) is 0 Å². The lowest BCUT2D eigenvalue weighted by atomic mass is 10.2. The summed E-state index contributed by atoms with van der Waals surface area (Å²) in [5.41, 5.74) is 0.168. The van der Waals surface area contributed by atoms with Gasteiger partial charge in [0.2, 0.25) is 11.8 Å². The summed E-state index contributed by atoms with van der Waals surface area (Å²) in [4.78, 5) is 41.6. The number of pyridine rings is 1. The molecule has 0 radical (unpaired) electrons. The standard InChI is InChI=1S/C24H21F2N5O5/c25-14-1-3-15(4-2-14)28-22(33)11-23(34)29-20-6-5-17(9-19(20)26)36-18-7-8-27-21(10-18)30-24(35)31-12-16(32)13-31/h1-10,16,32H,11-13H2,(H,28,33)(H,29,34)(H,27,30,35). The van der Waals surface area contributed by atoms with E-state index in [1.165, 1.54) is 47.5 Å². The first-order chi connectivity index (χ1) is 17.2. The van der Waals surface area contributed by atoms with Crippen LogP contribution >= 0.6 is 0 Å². The van der Waals surface area contributed by atoms with Gasteiger partial charge >= 0.3 is 6.03 Å². The molecule has 1 aliphatic heterocycles. The number of aromatic nitrogens is 1. The minimum Gasteiger partial charge on any atom is -0.457 e. The second-order valence-corrected chi connectivity index (χ2v) is 7.89. The van der Waals surface area contributed by atoms with Crippen LogP contribution in [0.5, 0.6) is 11.5 Å². The number of β-amino-alcohol motifs (C(OH)–C–C–N with tert-alkyl or cyclic N) is 1. The quantitative estimate of drug-likeness (QED) is 0.370. The number of aliphatic hydroxyl groups is 1. The van der Waals surface area contributed by atoms with E-state index in [1.807, 2.05) is 0 Å². The van der Waals surface area contributed by atoms with E-state index in [1.54, 1.807) is 0 Å². The maximum atomic E-state index is 14.5. The van der Waals surface area contributed by atoms with E-state index in [0.29, 0.717) is 5.69 Å². The van der Waals surface area contributed by atoms with Crippen molar-refractivity contribution < 1.29 is 33.0 Å². The fraction of sp³-hybridized carbons (Fsp3) is 0.167. The van der Waals surface area contributed by atoms with Crippen LogP contribution in [0.1, 0.15) is 6.42 Å². The van der Waals surface area contributed by atoms with Gasteiger partial charge < -0.3 is 25.4 Å². The minimum absolute atomic E-state index is 0.119. The number of carbonyl (C=O) groups excluding carboxylic acids is 3. The Labute approximate surface area is 203 Å². The number of rotatable bonds is 7. The van der Waals surface area contributed by atoms with E-state index in [9.17, 15) is 28.3 Å². The van der Waals surface area contributed by atoms with Crippen molar-refractivity contribution in [2.75, 3.05) is 29.0 Å². The number of likely N-dealkylation sites (tertiary alicyclic amines) is 1. The fourth-order valence-electron chi connectivity index (χ4n) is 3.23. The number of ether oxygens (including phenoxy) is 1. The lowest BCUT2D eigenvalue weighted by Gasteiger charge is -2.35. The molecule has 0 unspecified atom stereocenters. The number of halogens is 2. The molecule has 3 aromatic rings. The fourth-order valence-corrected chi connectivity index (χ4v) is 3.23. The zero-order valence-electron chi connectivity index (χ0n) is 18.7. The largest absolute Gasteiger partial charge is 0.457 e. The number of anilines is 3.